The molecule has 1 saturated heterocycles. The molecule has 0 bridgehead atoms. The fourth-order valence-corrected chi connectivity index (χ4v) is 7.69. The molecule has 0 aliphatic carbocycles. The molecule has 0 aromatic rings. The maximum absolute atomic E-state index is 13.0. The molecular formula is C19H38O7Si2. The number of carbonyl (C=O) groups excluding carboxylic acids is 2. The average Bonchev–Trinajstić information content (AvgIpc) is 2.89. The first-order valence-electron chi connectivity index (χ1n) is 10.3. The molecule has 1 aliphatic heterocycles. The van der Waals surface area contributed by atoms with Crippen molar-refractivity contribution in [3.05, 3.63) is 0 Å². The molecule has 0 aromatic heterocycles. The Morgan fingerprint density at radius 1 is 1.18 bits per heavy atom. The van der Waals surface area contributed by atoms with Crippen LogP contribution in [0.3, 0.4) is 0 Å². The minimum Gasteiger partial charge on any atom is -0.463 e. The molecule has 0 radical (unpaired) electrons. The highest BCUT2D eigenvalue weighted by Crippen LogP contribution is 2.41. The maximum Gasteiger partial charge on any atom is 0.350 e. The van der Waals surface area contributed by atoms with Gasteiger partial charge in [-0.2, -0.15) is 0 Å². The van der Waals surface area contributed by atoms with E-state index in [1.165, 1.54) is 0 Å². The number of hydrogen-bond acceptors (Lipinski definition) is 7. The van der Waals surface area contributed by atoms with Crippen LogP contribution in [0, 0.1) is 5.92 Å². The molecule has 9 heteroatoms. The Balaban J connectivity index is 3.41. The van der Waals surface area contributed by atoms with Crippen molar-refractivity contribution in [1.29, 1.82) is 0 Å². The Morgan fingerprint density at radius 2 is 1.71 bits per heavy atom. The number of carbonyl (C=O) groups is 2. The van der Waals surface area contributed by atoms with Crippen molar-refractivity contribution in [2.75, 3.05) is 13.2 Å². The van der Waals surface area contributed by atoms with Gasteiger partial charge in [0.2, 0.25) is 0 Å². The van der Waals surface area contributed by atoms with Crippen LogP contribution in [0.1, 0.15) is 34.6 Å². The van der Waals surface area contributed by atoms with Gasteiger partial charge >= 0.3 is 11.9 Å². The molecule has 28 heavy (non-hydrogen) atoms. The summed E-state index contributed by atoms with van der Waals surface area (Å²) >= 11 is 0. The van der Waals surface area contributed by atoms with Crippen molar-refractivity contribution in [1.82, 2.24) is 0 Å². The lowest BCUT2D eigenvalue weighted by Crippen LogP contribution is -2.59. The number of cyclic esters (lactones) is 1. The maximum atomic E-state index is 13.0. The quantitative estimate of drug-likeness (QED) is 0.303. The molecule has 0 saturated carbocycles. The second-order valence-electron chi connectivity index (χ2n) is 8.44. The van der Waals surface area contributed by atoms with Crippen molar-refractivity contribution >= 4 is 28.6 Å². The zero-order valence-electron chi connectivity index (χ0n) is 18.7. The Labute approximate surface area is 171 Å². The second kappa shape index (κ2) is 9.84. The molecule has 1 N–H and O–H groups in total. The van der Waals surface area contributed by atoms with E-state index in [-0.39, 0.29) is 13.2 Å². The van der Waals surface area contributed by atoms with Gasteiger partial charge in [0.05, 0.1) is 18.6 Å². The molecule has 0 spiro atoms. The highest BCUT2D eigenvalue weighted by atomic mass is 28.4. The Kier molecular flexibility index (Phi) is 8.89. The van der Waals surface area contributed by atoms with E-state index in [2.05, 4.69) is 20.8 Å². The van der Waals surface area contributed by atoms with Crippen LogP contribution in [0.25, 0.3) is 0 Å². The van der Waals surface area contributed by atoms with Crippen LogP contribution in [0.5, 0.6) is 0 Å². The van der Waals surface area contributed by atoms with Gasteiger partial charge in [0.1, 0.15) is 6.10 Å². The van der Waals surface area contributed by atoms with Crippen molar-refractivity contribution in [2.24, 2.45) is 5.92 Å². The Morgan fingerprint density at radius 3 is 2.11 bits per heavy atom. The summed E-state index contributed by atoms with van der Waals surface area (Å²) in [5.41, 5.74) is -1.89. The topological polar surface area (TPSA) is 91.3 Å². The van der Waals surface area contributed by atoms with Crippen LogP contribution in [0.15, 0.2) is 0 Å². The van der Waals surface area contributed by atoms with E-state index in [1.54, 1.807) is 13.8 Å². The third-order valence-corrected chi connectivity index (χ3v) is 11.1. The summed E-state index contributed by atoms with van der Waals surface area (Å²) in [6.07, 6.45) is -1.84. The van der Waals surface area contributed by atoms with Gasteiger partial charge in [-0.1, -0.05) is 20.8 Å². The molecule has 0 aromatic carbocycles. The number of hydrogen-bond donors (Lipinski definition) is 1. The number of aliphatic hydroxyl groups excluding tert-OH is 1. The number of esters is 2. The van der Waals surface area contributed by atoms with Crippen molar-refractivity contribution in [3.8, 4) is 0 Å². The van der Waals surface area contributed by atoms with Crippen molar-refractivity contribution in [2.45, 2.75) is 90.2 Å². The molecule has 1 rings (SSSR count). The van der Waals surface area contributed by atoms with Crippen LogP contribution in [0.2, 0.25) is 37.8 Å². The molecule has 4 atom stereocenters. The van der Waals surface area contributed by atoms with Crippen LogP contribution < -0.4 is 0 Å². The number of aliphatic hydroxyl groups is 1. The largest absolute Gasteiger partial charge is 0.463 e. The lowest BCUT2D eigenvalue weighted by molar-refractivity contribution is -0.175. The van der Waals surface area contributed by atoms with Crippen LogP contribution >= 0.6 is 0 Å². The monoisotopic (exact) mass is 434 g/mol. The summed E-state index contributed by atoms with van der Waals surface area (Å²) in [4.78, 5) is 26.0. The van der Waals surface area contributed by atoms with Gasteiger partial charge in [-0.25, -0.2) is 9.59 Å². The lowest BCUT2D eigenvalue weighted by atomic mass is 9.85. The van der Waals surface area contributed by atoms with Gasteiger partial charge in [0.15, 0.2) is 16.6 Å². The molecular weight excluding hydrogens is 396 g/mol. The second-order valence-corrected chi connectivity index (χ2v) is 17.6. The van der Waals surface area contributed by atoms with Crippen molar-refractivity contribution < 1.29 is 33.0 Å². The standard InChI is InChI=1S/C19H38O7Si2/c1-9-23-17(21)19(26-27(6,7)8)15(16(14(5)20)25-18(19)22)13-24-28(10-2,11-3)12-4/h14-16,20H,9-13H2,1-8H3/t14-,15?,16-,19?/m0/s1. The SMILES string of the molecule is CCOC(=O)C1(O[Si](C)(C)C)C(=O)O[C@@H]([C@H](C)O)C1CO[Si](CC)(CC)CC. The molecule has 1 heterocycles. The fourth-order valence-electron chi connectivity index (χ4n) is 3.76. The minimum absolute atomic E-state index is 0.117. The number of ether oxygens (including phenoxy) is 2. The van der Waals surface area contributed by atoms with E-state index in [1.807, 2.05) is 19.6 Å². The lowest BCUT2D eigenvalue weighted by Gasteiger charge is -2.38. The Bertz CT molecular complexity index is 535. The molecule has 164 valence electrons. The first kappa shape index (κ1) is 25.3. The van der Waals surface area contributed by atoms with E-state index in [9.17, 15) is 14.7 Å². The van der Waals surface area contributed by atoms with Gasteiger partial charge in [0.25, 0.3) is 5.60 Å². The number of rotatable bonds is 11. The third kappa shape index (κ3) is 5.24. The molecule has 0 amide bonds. The summed E-state index contributed by atoms with van der Waals surface area (Å²) in [5, 5.41) is 10.3. The molecule has 1 fully saturated rings. The summed E-state index contributed by atoms with van der Waals surface area (Å²) < 4.78 is 23.3. The van der Waals surface area contributed by atoms with Gasteiger partial charge in [-0.15, -0.1) is 0 Å². The highest BCUT2D eigenvalue weighted by Gasteiger charge is 2.67. The van der Waals surface area contributed by atoms with E-state index >= 15 is 0 Å². The molecule has 1 aliphatic rings. The predicted molar refractivity (Wildman–Crippen MR) is 112 cm³/mol. The summed E-state index contributed by atoms with van der Waals surface area (Å²) in [6, 6.07) is 2.80. The van der Waals surface area contributed by atoms with Gasteiger partial charge < -0.3 is 23.4 Å². The molecule has 2 unspecified atom stereocenters. The third-order valence-electron chi connectivity index (χ3n) is 5.49. The summed E-state index contributed by atoms with van der Waals surface area (Å²) in [5.74, 6) is -2.30. The molecule has 7 nitrogen and oxygen atoms in total. The van der Waals surface area contributed by atoms with E-state index in [4.69, 9.17) is 18.3 Å². The van der Waals surface area contributed by atoms with Crippen LogP contribution in [-0.2, 0) is 27.9 Å². The normalized spacial score (nSPS) is 26.8. The first-order chi connectivity index (χ1) is 12.9. The zero-order chi connectivity index (χ0) is 21.8. The average molecular weight is 435 g/mol. The summed E-state index contributed by atoms with van der Waals surface area (Å²) in [6.45, 7) is 15.5. The predicted octanol–water partition coefficient (Wildman–Crippen LogP) is 3.08. The van der Waals surface area contributed by atoms with E-state index < -0.39 is 52.3 Å². The van der Waals surface area contributed by atoms with Crippen molar-refractivity contribution in [3.63, 3.8) is 0 Å². The Hall–Kier alpha value is -0.746. The van der Waals surface area contributed by atoms with Gasteiger partial charge in [-0.3, -0.25) is 0 Å². The minimum atomic E-state index is -2.36. The smallest absolute Gasteiger partial charge is 0.350 e. The fraction of sp³-hybridized carbons (Fsp3) is 0.895. The van der Waals surface area contributed by atoms with Crippen LogP contribution in [-0.4, -0.2) is 64.7 Å². The van der Waals surface area contributed by atoms with Gasteiger partial charge in [-0.05, 0) is 51.6 Å². The first-order valence-corrected chi connectivity index (χ1v) is 16.3. The van der Waals surface area contributed by atoms with E-state index in [0.29, 0.717) is 0 Å². The van der Waals surface area contributed by atoms with Gasteiger partial charge in [0, 0.05) is 6.61 Å². The zero-order valence-corrected chi connectivity index (χ0v) is 20.7. The highest BCUT2D eigenvalue weighted by molar-refractivity contribution is 6.73. The van der Waals surface area contributed by atoms with E-state index in [0.717, 1.165) is 18.1 Å². The van der Waals surface area contributed by atoms with Crippen LogP contribution in [0.4, 0.5) is 0 Å². The summed E-state index contributed by atoms with van der Waals surface area (Å²) in [7, 11) is -4.35.